The molecule has 2 aliphatic rings. The van der Waals surface area contributed by atoms with Crippen molar-refractivity contribution < 1.29 is 38.1 Å². The van der Waals surface area contributed by atoms with Crippen molar-refractivity contribution in [3.05, 3.63) is 88.4 Å². The van der Waals surface area contributed by atoms with E-state index in [1.807, 2.05) is 42.5 Å². The van der Waals surface area contributed by atoms with Gasteiger partial charge in [0.15, 0.2) is 6.04 Å². The second kappa shape index (κ2) is 15.0. The highest BCUT2D eigenvalue weighted by molar-refractivity contribution is 7.12. The Bertz CT molecular complexity index is 1830. The summed E-state index contributed by atoms with van der Waals surface area (Å²) in [6, 6.07) is 17.8. The molecule has 250 valence electrons. The summed E-state index contributed by atoms with van der Waals surface area (Å²) in [5, 5.41) is 19.0. The Kier molecular flexibility index (Phi) is 10.3. The lowest BCUT2D eigenvalue weighted by Gasteiger charge is -2.25. The molecule has 4 aromatic rings. The van der Waals surface area contributed by atoms with Gasteiger partial charge in [-0.3, -0.25) is 14.4 Å². The van der Waals surface area contributed by atoms with Crippen LogP contribution in [-0.2, 0) is 25.5 Å². The van der Waals surface area contributed by atoms with E-state index < -0.39 is 23.7 Å². The van der Waals surface area contributed by atoms with Crippen LogP contribution in [0.3, 0.4) is 0 Å². The maximum atomic E-state index is 14.8. The van der Waals surface area contributed by atoms with Crippen LogP contribution < -0.4 is 15.4 Å². The number of nitrogens with zero attached hydrogens (tertiary/aromatic N) is 1. The molecule has 2 aliphatic heterocycles. The van der Waals surface area contributed by atoms with Crippen molar-refractivity contribution in [3.8, 4) is 16.9 Å². The van der Waals surface area contributed by atoms with Crippen molar-refractivity contribution in [3.63, 3.8) is 0 Å². The van der Waals surface area contributed by atoms with E-state index >= 15 is 0 Å². The second-order valence-electron chi connectivity index (χ2n) is 12.1. The smallest absolute Gasteiger partial charge is 0.328 e. The second-order valence-corrected chi connectivity index (χ2v) is 13.1. The van der Waals surface area contributed by atoms with Gasteiger partial charge in [0.2, 0.25) is 11.8 Å². The predicted molar refractivity (Wildman–Crippen MR) is 178 cm³/mol. The monoisotopic (exact) mass is 673 g/mol. The van der Waals surface area contributed by atoms with E-state index in [1.165, 1.54) is 12.1 Å². The number of thiophene rings is 1. The minimum Gasteiger partial charge on any atom is -0.491 e. The fourth-order valence-corrected chi connectivity index (χ4v) is 6.96. The summed E-state index contributed by atoms with van der Waals surface area (Å²) in [6.07, 6.45) is 1.90. The molecule has 1 saturated heterocycles. The highest BCUT2D eigenvalue weighted by Crippen LogP contribution is 2.31. The number of rotatable bonds is 4. The van der Waals surface area contributed by atoms with Crippen molar-refractivity contribution >= 4 is 45.8 Å². The quantitative estimate of drug-likeness (QED) is 0.284. The van der Waals surface area contributed by atoms with E-state index in [2.05, 4.69) is 10.6 Å². The maximum absolute atomic E-state index is 14.8. The number of hydrogen-bond acceptors (Lipinski definition) is 7. The normalized spacial score (nSPS) is 20.8. The van der Waals surface area contributed by atoms with Gasteiger partial charge in [-0.2, -0.15) is 0 Å². The molecule has 0 spiro atoms. The number of fused-ring (bicyclic) bond motifs is 7. The van der Waals surface area contributed by atoms with Crippen LogP contribution in [0.25, 0.3) is 21.9 Å². The first-order valence-electron chi connectivity index (χ1n) is 15.9. The standard InChI is InChI=1S/C36H36FN3O7S/c37-27-13-25-14-30(16-27)47-19-29-17-28(38-33(41)12-22-8-9-23-5-1-2-6-24(23)11-22)18-40(29)34(42)7-3-4-10-46-20-31(36(44)45)39-35(43)32-15-26(25)21-48-32/h1-2,5-6,8-9,11,13-16,21,28-29,31H,3-4,7,10,12,17-20H2,(H,38,41)(H,39,43)(H,44,45)/t28-,29-,31-/m0/s1. The molecule has 12 heteroatoms. The van der Waals surface area contributed by atoms with Crippen LogP contribution in [0, 0.1) is 5.82 Å². The summed E-state index contributed by atoms with van der Waals surface area (Å²) >= 11 is 1.11. The van der Waals surface area contributed by atoms with Crippen molar-refractivity contribution in [1.82, 2.24) is 15.5 Å². The SMILES string of the molecule is O=C(Cc1ccc2ccccc2c1)N[C@H]1C[C@H]2COc3cc(F)cc(c3)-c3csc(c3)C(=O)N[C@H](C(=O)O)COCCCCC(=O)N2C1. The first kappa shape index (κ1) is 33.1. The molecule has 1 aromatic heterocycles. The number of benzene rings is 3. The molecule has 48 heavy (non-hydrogen) atoms. The average molecular weight is 674 g/mol. The molecule has 3 amide bonds. The van der Waals surface area contributed by atoms with Crippen LogP contribution in [0.5, 0.6) is 5.75 Å². The van der Waals surface area contributed by atoms with Gasteiger partial charge in [-0.05, 0) is 70.3 Å². The van der Waals surface area contributed by atoms with Gasteiger partial charge in [0.05, 0.1) is 23.9 Å². The van der Waals surface area contributed by atoms with Gasteiger partial charge >= 0.3 is 5.97 Å². The zero-order valence-corrected chi connectivity index (χ0v) is 27.0. The van der Waals surface area contributed by atoms with Gasteiger partial charge in [-0.15, -0.1) is 11.3 Å². The zero-order chi connectivity index (χ0) is 33.6. The fraction of sp³-hybridized carbons (Fsp3) is 0.333. The molecule has 0 unspecified atom stereocenters. The van der Waals surface area contributed by atoms with Gasteiger partial charge in [0, 0.05) is 31.7 Å². The summed E-state index contributed by atoms with van der Waals surface area (Å²) < 4.78 is 26.4. The van der Waals surface area contributed by atoms with E-state index in [0.717, 1.165) is 27.7 Å². The molecule has 3 aromatic carbocycles. The number of carbonyl (C=O) groups excluding carboxylic acids is 3. The number of carboxylic acid groups (broad SMARTS) is 1. The molecule has 3 N–H and O–H groups in total. The Hall–Kier alpha value is -4.81. The Balaban J connectivity index is 1.18. The summed E-state index contributed by atoms with van der Waals surface area (Å²) in [4.78, 5) is 53.1. The van der Waals surface area contributed by atoms with Gasteiger partial charge in [0.1, 0.15) is 18.2 Å². The van der Waals surface area contributed by atoms with Gasteiger partial charge < -0.3 is 30.1 Å². The Morgan fingerprint density at radius 2 is 1.83 bits per heavy atom. The summed E-state index contributed by atoms with van der Waals surface area (Å²) in [6.45, 7) is 0.407. The third-order valence-corrected chi connectivity index (χ3v) is 9.49. The molecule has 6 rings (SSSR count). The van der Waals surface area contributed by atoms with E-state index in [1.54, 1.807) is 22.4 Å². The number of nitrogens with one attached hydrogen (secondary N) is 2. The third-order valence-electron chi connectivity index (χ3n) is 8.57. The van der Waals surface area contributed by atoms with Crippen molar-refractivity contribution in [2.45, 2.75) is 50.2 Å². The van der Waals surface area contributed by atoms with Crippen LogP contribution >= 0.6 is 11.3 Å². The van der Waals surface area contributed by atoms with Crippen LogP contribution in [-0.4, -0.2) is 78.2 Å². The van der Waals surface area contributed by atoms with Gasteiger partial charge in [-0.1, -0.05) is 42.5 Å². The highest BCUT2D eigenvalue weighted by atomic mass is 32.1. The number of halogens is 1. The van der Waals surface area contributed by atoms with Gasteiger partial charge in [-0.25, -0.2) is 9.18 Å². The molecule has 3 heterocycles. The van der Waals surface area contributed by atoms with Gasteiger partial charge in [0.25, 0.3) is 5.91 Å². The largest absolute Gasteiger partial charge is 0.491 e. The lowest BCUT2D eigenvalue weighted by molar-refractivity contribution is -0.140. The molecular formula is C36H36FN3O7S. The Morgan fingerprint density at radius 3 is 2.67 bits per heavy atom. The average Bonchev–Trinajstić information content (AvgIpc) is 3.72. The van der Waals surface area contributed by atoms with Crippen molar-refractivity contribution in [1.29, 1.82) is 0 Å². The lowest BCUT2D eigenvalue weighted by atomic mass is 10.0. The van der Waals surface area contributed by atoms with Crippen LogP contribution in [0.4, 0.5) is 4.39 Å². The number of carboxylic acids is 1. The van der Waals surface area contributed by atoms with E-state index in [-0.39, 0.29) is 67.2 Å². The Morgan fingerprint density at radius 1 is 1.00 bits per heavy atom. The number of carbonyl (C=O) groups is 4. The van der Waals surface area contributed by atoms with E-state index in [0.29, 0.717) is 36.9 Å². The topological polar surface area (TPSA) is 134 Å². The highest BCUT2D eigenvalue weighted by Gasteiger charge is 2.36. The molecule has 0 radical (unpaired) electrons. The molecular weight excluding hydrogens is 637 g/mol. The number of ether oxygens (including phenoxy) is 2. The molecule has 10 nitrogen and oxygen atoms in total. The zero-order valence-electron chi connectivity index (χ0n) is 26.2. The molecule has 3 atom stereocenters. The molecule has 1 fully saturated rings. The summed E-state index contributed by atoms with van der Waals surface area (Å²) in [5.41, 5.74) is 1.94. The van der Waals surface area contributed by atoms with E-state index in [9.17, 15) is 28.7 Å². The fourth-order valence-electron chi connectivity index (χ4n) is 6.14. The van der Waals surface area contributed by atoms with Crippen molar-refractivity contribution in [2.24, 2.45) is 0 Å². The summed E-state index contributed by atoms with van der Waals surface area (Å²) in [5.74, 6) is -2.33. The first-order valence-corrected chi connectivity index (χ1v) is 16.8. The minimum absolute atomic E-state index is 0.0999. The molecule has 0 aliphatic carbocycles. The maximum Gasteiger partial charge on any atom is 0.328 e. The summed E-state index contributed by atoms with van der Waals surface area (Å²) in [7, 11) is 0. The van der Waals surface area contributed by atoms with Crippen LogP contribution in [0.1, 0.15) is 40.9 Å². The predicted octanol–water partition coefficient (Wildman–Crippen LogP) is 4.80. The van der Waals surface area contributed by atoms with Crippen LogP contribution in [0.15, 0.2) is 72.1 Å². The first-order chi connectivity index (χ1) is 23.2. The molecule has 4 bridgehead atoms. The van der Waals surface area contributed by atoms with Crippen LogP contribution in [0.2, 0.25) is 0 Å². The number of aliphatic carboxylic acids is 1. The number of amides is 3. The molecule has 0 saturated carbocycles. The van der Waals surface area contributed by atoms with Crippen molar-refractivity contribution in [2.75, 3.05) is 26.4 Å². The number of hydrogen-bond donors (Lipinski definition) is 3. The minimum atomic E-state index is -1.26. The van der Waals surface area contributed by atoms with E-state index in [4.69, 9.17) is 9.47 Å². The third kappa shape index (κ3) is 8.18. The lowest BCUT2D eigenvalue weighted by Crippen LogP contribution is -2.43. The Labute approximate surface area is 280 Å².